The molecule has 0 unspecified atom stereocenters. The van der Waals surface area contributed by atoms with Crippen LogP contribution < -0.4 is 0 Å². The Bertz CT molecular complexity index is 1460. The van der Waals surface area contributed by atoms with Crippen LogP contribution in [-0.2, 0) is 9.84 Å². The third kappa shape index (κ3) is 3.36. The maximum absolute atomic E-state index is 14.0. The Morgan fingerprint density at radius 2 is 0.971 bits per heavy atom. The second-order valence-electron chi connectivity index (χ2n) is 8.22. The fourth-order valence-electron chi connectivity index (χ4n) is 4.69. The van der Waals surface area contributed by atoms with E-state index >= 15 is 0 Å². The van der Waals surface area contributed by atoms with E-state index in [0.717, 1.165) is 17.6 Å². The molecule has 0 spiro atoms. The molecule has 1 aliphatic carbocycles. The van der Waals surface area contributed by atoms with E-state index < -0.39 is 9.84 Å². The van der Waals surface area contributed by atoms with Crippen LogP contribution in [-0.4, -0.2) is 28.4 Å². The molecule has 34 heavy (non-hydrogen) atoms. The smallest absolute Gasteiger partial charge is 0.211 e. The van der Waals surface area contributed by atoms with Crippen LogP contribution in [0.4, 0.5) is 0 Å². The van der Waals surface area contributed by atoms with Gasteiger partial charge >= 0.3 is 0 Å². The van der Waals surface area contributed by atoms with Crippen LogP contribution in [0.3, 0.4) is 0 Å². The highest BCUT2D eigenvalue weighted by molar-refractivity contribution is 8.09. The van der Waals surface area contributed by atoms with Gasteiger partial charge in [-0.15, -0.1) is 0 Å². The highest BCUT2D eigenvalue weighted by Crippen LogP contribution is 2.51. The lowest BCUT2D eigenvalue weighted by Crippen LogP contribution is -2.07. The lowest BCUT2D eigenvalue weighted by molar-refractivity contribution is 0.614. The average molecular weight is 465 g/mol. The van der Waals surface area contributed by atoms with Gasteiger partial charge in [0, 0.05) is 12.4 Å². The molecule has 5 heterocycles. The molecule has 0 N–H and O–H groups in total. The summed E-state index contributed by atoms with van der Waals surface area (Å²) in [5.41, 5.74) is 5.33. The van der Waals surface area contributed by atoms with Gasteiger partial charge in [0.2, 0.25) is 9.84 Å². The van der Waals surface area contributed by atoms with Crippen LogP contribution in [0.25, 0.3) is 32.6 Å². The number of fused-ring (bicyclic) bond motifs is 1. The number of hydrogen-bond donors (Lipinski definition) is 0. The van der Waals surface area contributed by atoms with E-state index in [2.05, 4.69) is 9.97 Å². The summed E-state index contributed by atoms with van der Waals surface area (Å²) in [7, 11) is -3.80. The topological polar surface area (TPSA) is 85.7 Å². The Morgan fingerprint density at radius 3 is 1.41 bits per heavy atom. The van der Waals surface area contributed by atoms with E-state index in [9.17, 15) is 8.42 Å². The van der Waals surface area contributed by atoms with E-state index in [-0.39, 0.29) is 0 Å². The van der Waals surface area contributed by atoms with Gasteiger partial charge in [-0.1, -0.05) is 24.3 Å². The zero-order chi connectivity index (χ0) is 23.1. The predicted molar refractivity (Wildman–Crippen MR) is 132 cm³/mol. The van der Waals surface area contributed by atoms with Gasteiger partial charge in [0.05, 0.1) is 34.2 Å². The molecule has 1 saturated carbocycles. The maximum atomic E-state index is 14.0. The van der Waals surface area contributed by atoms with Crippen molar-refractivity contribution in [3.63, 3.8) is 0 Å². The SMILES string of the molecule is O=S1(=O)C(c2cccc(-c3ccccn3)n2)=C2CCCC2=C1c1cccc(-c2ccccn2)n1. The molecule has 0 amide bonds. The minimum absolute atomic E-state index is 0.304. The summed E-state index contributed by atoms with van der Waals surface area (Å²) >= 11 is 0. The van der Waals surface area contributed by atoms with E-state index in [4.69, 9.17) is 9.97 Å². The quantitative estimate of drug-likeness (QED) is 0.405. The molecule has 7 heteroatoms. The van der Waals surface area contributed by atoms with Crippen LogP contribution in [0, 0.1) is 0 Å². The summed E-state index contributed by atoms with van der Waals surface area (Å²) in [5, 5.41) is 0. The van der Waals surface area contributed by atoms with Gasteiger partial charge in [0.1, 0.15) is 9.81 Å². The number of pyridine rings is 4. The van der Waals surface area contributed by atoms with Crippen molar-refractivity contribution < 1.29 is 8.42 Å². The highest BCUT2D eigenvalue weighted by atomic mass is 32.2. The molecule has 1 aliphatic heterocycles. The van der Waals surface area contributed by atoms with Crippen molar-refractivity contribution in [2.24, 2.45) is 0 Å². The first-order valence-electron chi connectivity index (χ1n) is 11.1. The van der Waals surface area contributed by atoms with E-state index in [1.54, 1.807) is 24.5 Å². The molecule has 6 rings (SSSR count). The number of sulfone groups is 1. The molecule has 6 nitrogen and oxygen atoms in total. The highest BCUT2D eigenvalue weighted by Gasteiger charge is 2.42. The molecule has 0 aromatic carbocycles. The van der Waals surface area contributed by atoms with Gasteiger partial charge in [-0.05, 0) is 78.9 Å². The first-order valence-corrected chi connectivity index (χ1v) is 12.6. The number of aromatic nitrogens is 4. The van der Waals surface area contributed by atoms with Crippen LogP contribution in [0.15, 0.2) is 96.3 Å². The van der Waals surface area contributed by atoms with Crippen molar-refractivity contribution in [1.29, 1.82) is 0 Å². The second-order valence-corrected chi connectivity index (χ2v) is 10.0. The normalized spacial score (nSPS) is 16.7. The first kappa shape index (κ1) is 20.6. The Balaban J connectivity index is 1.47. The molecule has 4 aromatic rings. The van der Waals surface area contributed by atoms with Gasteiger partial charge in [-0.2, -0.15) is 0 Å². The van der Waals surface area contributed by atoms with Crippen LogP contribution >= 0.6 is 0 Å². The Kier molecular flexibility index (Phi) is 4.92. The van der Waals surface area contributed by atoms with E-state index in [0.29, 0.717) is 56.8 Å². The van der Waals surface area contributed by atoms with Gasteiger partial charge < -0.3 is 0 Å². The van der Waals surface area contributed by atoms with Gasteiger partial charge in [0.25, 0.3) is 0 Å². The first-order chi connectivity index (χ1) is 16.6. The lowest BCUT2D eigenvalue weighted by Gasteiger charge is -2.11. The second kappa shape index (κ2) is 8.11. The Morgan fingerprint density at radius 1 is 0.529 bits per heavy atom. The molecule has 4 aromatic heterocycles. The van der Waals surface area contributed by atoms with Crippen molar-refractivity contribution in [2.45, 2.75) is 19.3 Å². The third-order valence-electron chi connectivity index (χ3n) is 6.12. The molecule has 1 fully saturated rings. The zero-order valence-corrected chi connectivity index (χ0v) is 19.0. The van der Waals surface area contributed by atoms with Gasteiger partial charge in [0.15, 0.2) is 0 Å². The summed E-state index contributed by atoms with van der Waals surface area (Å²) in [4.78, 5) is 18.8. The van der Waals surface area contributed by atoms with E-state index in [1.807, 2.05) is 60.7 Å². The van der Waals surface area contributed by atoms with Gasteiger partial charge in [-0.25, -0.2) is 18.4 Å². The van der Waals surface area contributed by atoms with Crippen molar-refractivity contribution in [2.75, 3.05) is 0 Å². The molecule has 0 radical (unpaired) electrons. The minimum atomic E-state index is -3.80. The van der Waals surface area contributed by atoms with Gasteiger partial charge in [-0.3, -0.25) is 9.97 Å². The van der Waals surface area contributed by atoms with Crippen LogP contribution in [0.5, 0.6) is 0 Å². The van der Waals surface area contributed by atoms with Crippen LogP contribution in [0.2, 0.25) is 0 Å². The molecule has 0 atom stereocenters. The van der Waals surface area contributed by atoms with Crippen molar-refractivity contribution in [1.82, 2.24) is 19.9 Å². The molecular formula is C27H20N4O2S. The minimum Gasteiger partial charge on any atom is -0.255 e. The summed E-state index contributed by atoms with van der Waals surface area (Å²) in [6.07, 6.45) is 5.73. The number of allylic oxidation sites excluding steroid dienone is 2. The summed E-state index contributed by atoms with van der Waals surface area (Å²) in [6.45, 7) is 0. The van der Waals surface area contributed by atoms with Crippen molar-refractivity contribution in [3.8, 4) is 22.8 Å². The Hall–Kier alpha value is -3.97. The summed E-state index contributed by atoms with van der Waals surface area (Å²) in [5.74, 6) is 0. The molecule has 0 bridgehead atoms. The third-order valence-corrected chi connectivity index (χ3v) is 8.11. The maximum Gasteiger partial charge on any atom is 0.211 e. The Labute approximate surface area is 197 Å². The predicted octanol–water partition coefficient (Wildman–Crippen LogP) is 5.34. The fourth-order valence-corrected chi connectivity index (χ4v) is 6.77. The molecule has 166 valence electrons. The standard InChI is InChI=1S/C27H20N4O2S/c32-34(33)26(24-14-6-12-22(30-24)20-10-1-3-16-28-20)18-8-5-9-19(18)27(34)25-15-7-13-23(31-25)21-11-2-4-17-29-21/h1-4,6-7,10-17H,5,8-9H2. The largest absolute Gasteiger partial charge is 0.255 e. The summed E-state index contributed by atoms with van der Waals surface area (Å²) in [6, 6.07) is 22.1. The fraction of sp³-hybridized carbons (Fsp3) is 0.111. The van der Waals surface area contributed by atoms with Crippen molar-refractivity contribution >= 4 is 19.6 Å². The molecular weight excluding hydrogens is 444 g/mol. The number of nitrogens with zero attached hydrogens (tertiary/aromatic N) is 4. The van der Waals surface area contributed by atoms with E-state index in [1.165, 1.54) is 0 Å². The molecule has 2 aliphatic rings. The zero-order valence-electron chi connectivity index (χ0n) is 18.2. The van der Waals surface area contributed by atoms with Crippen LogP contribution in [0.1, 0.15) is 30.7 Å². The average Bonchev–Trinajstić information content (AvgIpc) is 3.42. The number of hydrogen-bond acceptors (Lipinski definition) is 6. The lowest BCUT2D eigenvalue weighted by atomic mass is 10.1. The summed E-state index contributed by atoms with van der Waals surface area (Å²) < 4.78 is 28.0. The van der Waals surface area contributed by atoms with Crippen molar-refractivity contribution in [3.05, 3.63) is 108 Å². The monoisotopic (exact) mass is 464 g/mol. The molecule has 0 saturated heterocycles. The number of rotatable bonds is 4.